The van der Waals surface area contributed by atoms with Gasteiger partial charge in [0.2, 0.25) is 0 Å². The van der Waals surface area contributed by atoms with E-state index in [0.717, 1.165) is 0 Å². The van der Waals surface area contributed by atoms with Gasteiger partial charge in [0.25, 0.3) is 0 Å². The van der Waals surface area contributed by atoms with E-state index in [2.05, 4.69) is 20.3 Å². The molecule has 0 bridgehead atoms. The summed E-state index contributed by atoms with van der Waals surface area (Å²) in [6.45, 7) is 4.44. The number of unbranched alkanes of at least 4 members (excludes halogenated alkanes) is 11. The van der Waals surface area contributed by atoms with Gasteiger partial charge >= 0.3 is 40.0 Å². The Hall–Kier alpha value is 0.870. The van der Waals surface area contributed by atoms with Gasteiger partial charge in [-0.3, -0.25) is 9.11 Å². The molecular weight excluding hydrogens is 287 g/mol. The Bertz CT molecular complexity index is 236. The van der Waals surface area contributed by atoms with Crippen LogP contribution in [0, 0.1) is 6.42 Å². The van der Waals surface area contributed by atoms with Crippen molar-refractivity contribution in [1.29, 1.82) is 0 Å². The summed E-state index contributed by atoms with van der Waals surface area (Å²) in [5, 5.41) is 0. The maximum Gasteiger partial charge on any atom is 1.00 e. The molecule has 0 saturated carbocycles. The molecule has 0 rings (SSSR count). The van der Waals surface area contributed by atoms with Gasteiger partial charge in [-0.1, -0.05) is 71.1 Å². The van der Waals surface area contributed by atoms with Crippen molar-refractivity contribution in [3.05, 3.63) is 6.42 Å². The van der Waals surface area contributed by atoms with Gasteiger partial charge < -0.3 is 6.42 Å². The topological polar surface area (TPSA) is 74.6 Å². The Balaban J connectivity index is -0.000000414. The third kappa shape index (κ3) is 42.8. The van der Waals surface area contributed by atoms with E-state index in [4.69, 9.17) is 17.5 Å². The minimum Gasteiger partial charge on any atom is -0.332 e. The Morgan fingerprint density at radius 2 is 1.10 bits per heavy atom. The van der Waals surface area contributed by atoms with E-state index in [1.165, 1.54) is 70.6 Å². The molecule has 2 N–H and O–H groups in total. The number of hydrogen-bond donors (Lipinski definition) is 2. The second-order valence-corrected chi connectivity index (χ2v) is 5.72. The Labute approximate surface area is 148 Å². The van der Waals surface area contributed by atoms with Crippen molar-refractivity contribution >= 4 is 10.4 Å². The van der Waals surface area contributed by atoms with Crippen molar-refractivity contribution in [1.82, 2.24) is 0 Å². The molecule has 0 aliphatic rings. The number of rotatable bonds is 11. The van der Waals surface area contributed by atoms with E-state index in [-0.39, 0.29) is 29.6 Å². The molecule has 0 radical (unpaired) electrons. The van der Waals surface area contributed by atoms with Crippen molar-refractivity contribution in [2.75, 3.05) is 0 Å². The van der Waals surface area contributed by atoms with Crippen LogP contribution in [0.2, 0.25) is 0 Å². The van der Waals surface area contributed by atoms with Gasteiger partial charge in [0.15, 0.2) is 0 Å². The molecule has 6 heteroatoms. The van der Waals surface area contributed by atoms with Crippen LogP contribution in [-0.2, 0) is 10.4 Å². The van der Waals surface area contributed by atoms with Gasteiger partial charge in [-0.2, -0.15) is 21.8 Å². The van der Waals surface area contributed by atoms with Crippen LogP contribution in [0.3, 0.4) is 0 Å². The molecule has 0 aromatic rings. The predicted octanol–water partition coefficient (Wildman–Crippen LogP) is 1.87. The van der Waals surface area contributed by atoms with Gasteiger partial charge in [0.1, 0.15) is 0 Å². The summed E-state index contributed by atoms with van der Waals surface area (Å²) in [6.07, 6.45) is 18.1. The molecular formula is C14H31NaO4S. The largest absolute Gasteiger partial charge is 1.00 e. The second kappa shape index (κ2) is 19.9. The molecule has 0 spiro atoms. The van der Waals surface area contributed by atoms with Gasteiger partial charge in [-0.25, -0.2) is 0 Å². The summed E-state index contributed by atoms with van der Waals surface area (Å²) in [5.41, 5.74) is 0. The van der Waals surface area contributed by atoms with Gasteiger partial charge in [0.05, 0.1) is 0 Å². The zero-order chi connectivity index (χ0) is 15.0. The molecule has 0 atom stereocenters. The van der Waals surface area contributed by atoms with Crippen LogP contribution in [0.5, 0.6) is 0 Å². The van der Waals surface area contributed by atoms with Crippen molar-refractivity contribution in [3.63, 3.8) is 0 Å². The van der Waals surface area contributed by atoms with Crippen LogP contribution in [0.4, 0.5) is 0 Å². The van der Waals surface area contributed by atoms with E-state index in [1.807, 2.05) is 0 Å². The summed E-state index contributed by atoms with van der Waals surface area (Å²) in [7, 11) is -4.67. The van der Waals surface area contributed by atoms with Crippen molar-refractivity contribution in [3.8, 4) is 0 Å². The normalized spacial score (nSPS) is 10.4. The quantitative estimate of drug-likeness (QED) is 0.264. The molecule has 4 nitrogen and oxygen atoms in total. The van der Waals surface area contributed by atoms with E-state index in [0.29, 0.717) is 0 Å². The van der Waals surface area contributed by atoms with Crippen LogP contribution >= 0.6 is 0 Å². The summed E-state index contributed by atoms with van der Waals surface area (Å²) in [5.74, 6) is 0. The molecule has 0 aliphatic carbocycles. The molecule has 0 aromatic heterocycles. The fraction of sp³-hybridized carbons (Fsp3) is 0.929. The minimum absolute atomic E-state index is 0. The average Bonchev–Trinajstić information content (AvgIpc) is 2.29. The first-order valence-corrected chi connectivity index (χ1v) is 8.79. The van der Waals surface area contributed by atoms with Crippen LogP contribution in [0.1, 0.15) is 84.5 Å². The van der Waals surface area contributed by atoms with Crippen molar-refractivity contribution in [2.24, 2.45) is 0 Å². The first-order valence-electron chi connectivity index (χ1n) is 7.39. The van der Waals surface area contributed by atoms with E-state index in [9.17, 15) is 0 Å². The predicted molar refractivity (Wildman–Crippen MR) is 80.6 cm³/mol. The Morgan fingerprint density at radius 1 is 0.800 bits per heavy atom. The summed E-state index contributed by atoms with van der Waals surface area (Å²) in [4.78, 5) is 0. The molecule has 0 aliphatic heterocycles. The van der Waals surface area contributed by atoms with Gasteiger partial charge in [0, 0.05) is 0 Å². The van der Waals surface area contributed by atoms with Crippen LogP contribution in [-0.4, -0.2) is 17.5 Å². The van der Waals surface area contributed by atoms with Crippen LogP contribution in [0.15, 0.2) is 0 Å². The maximum atomic E-state index is 8.74. The fourth-order valence-electron chi connectivity index (χ4n) is 1.84. The molecule has 118 valence electrons. The first-order chi connectivity index (χ1) is 8.91. The van der Waals surface area contributed by atoms with Crippen molar-refractivity contribution in [2.45, 2.75) is 84.5 Å². The molecule has 0 heterocycles. The summed E-state index contributed by atoms with van der Waals surface area (Å²) < 4.78 is 31.6. The molecule has 0 amide bonds. The van der Waals surface area contributed by atoms with Gasteiger partial charge in [-0.15, -0.1) is 0 Å². The maximum absolute atomic E-state index is 8.74. The standard InChI is InChI=1S/C14H29.Na.H2O4S/c1-3-5-7-9-11-13-14-12-10-8-6-4-2;;1-5(2,3)4/h3H,4-14H2,1-2H3;;(H2,1,2,3,4)/q-1;+1;. The van der Waals surface area contributed by atoms with E-state index < -0.39 is 10.4 Å². The number of hydrogen-bond acceptors (Lipinski definition) is 2. The monoisotopic (exact) mass is 318 g/mol. The summed E-state index contributed by atoms with van der Waals surface area (Å²) in [6, 6.07) is 0. The Morgan fingerprint density at radius 3 is 1.40 bits per heavy atom. The van der Waals surface area contributed by atoms with Crippen LogP contribution < -0.4 is 29.6 Å². The molecule has 0 unspecified atom stereocenters. The van der Waals surface area contributed by atoms with Gasteiger partial charge in [-0.05, 0) is 0 Å². The fourth-order valence-corrected chi connectivity index (χ4v) is 1.84. The van der Waals surface area contributed by atoms with Crippen LogP contribution in [0.25, 0.3) is 0 Å². The smallest absolute Gasteiger partial charge is 0.332 e. The molecule has 20 heavy (non-hydrogen) atoms. The SMILES string of the molecule is C[CH-]CCCCCCCCCCCC.O=S(=O)(O)O.[Na+]. The minimum atomic E-state index is -4.67. The molecule has 0 fully saturated rings. The zero-order valence-electron chi connectivity index (χ0n) is 13.5. The zero-order valence-corrected chi connectivity index (χ0v) is 16.3. The molecule has 0 aromatic carbocycles. The summed E-state index contributed by atoms with van der Waals surface area (Å²) >= 11 is 0. The second-order valence-electron chi connectivity index (χ2n) is 4.83. The third-order valence-corrected chi connectivity index (χ3v) is 2.85. The average molecular weight is 318 g/mol. The first kappa shape index (κ1) is 25.8. The van der Waals surface area contributed by atoms with E-state index in [1.54, 1.807) is 0 Å². The Kier molecular flexibility index (Phi) is 25.6. The molecule has 0 saturated heterocycles. The van der Waals surface area contributed by atoms with Crippen molar-refractivity contribution < 1.29 is 47.1 Å². The third-order valence-electron chi connectivity index (χ3n) is 2.85. The van der Waals surface area contributed by atoms with E-state index >= 15 is 0 Å².